The maximum Gasteiger partial charge on any atom is 0.312 e. The minimum atomic E-state index is -0.958. The van der Waals surface area contributed by atoms with Gasteiger partial charge < -0.3 is 26.6 Å². The Hall–Kier alpha value is -3.43. The van der Waals surface area contributed by atoms with Crippen LogP contribution in [0.4, 0.5) is 4.79 Å². The van der Waals surface area contributed by atoms with Gasteiger partial charge >= 0.3 is 6.03 Å². The highest BCUT2D eigenvalue weighted by atomic mass is 16.2. The number of likely N-dealkylation sites (N-methyl/N-ethyl adjacent to an activating group) is 1. The van der Waals surface area contributed by atoms with Crippen LogP contribution in [0.3, 0.4) is 0 Å². The molecule has 5 amide bonds. The Bertz CT molecular complexity index is 987. The van der Waals surface area contributed by atoms with Crippen molar-refractivity contribution in [3.63, 3.8) is 0 Å². The van der Waals surface area contributed by atoms with Crippen LogP contribution in [0.25, 0.3) is 0 Å². The number of ketones is 1. The van der Waals surface area contributed by atoms with E-state index >= 15 is 0 Å². The van der Waals surface area contributed by atoms with Crippen molar-refractivity contribution in [1.29, 1.82) is 0 Å². The second-order valence-electron chi connectivity index (χ2n) is 10.6. The van der Waals surface area contributed by atoms with Crippen molar-refractivity contribution in [3.8, 4) is 0 Å². The van der Waals surface area contributed by atoms with Crippen LogP contribution < -0.4 is 21.7 Å². The van der Waals surface area contributed by atoms with Gasteiger partial charge in [-0.3, -0.25) is 19.2 Å². The quantitative estimate of drug-likeness (QED) is 0.317. The Morgan fingerprint density at radius 3 is 1.98 bits per heavy atom. The van der Waals surface area contributed by atoms with E-state index in [1.165, 1.54) is 17.7 Å². The molecule has 1 aliphatic heterocycles. The average molecular weight is 574 g/mol. The van der Waals surface area contributed by atoms with Gasteiger partial charge in [-0.25, -0.2) is 4.79 Å². The molecule has 0 aromatic heterocycles. The Labute approximate surface area is 245 Å². The van der Waals surface area contributed by atoms with E-state index in [9.17, 15) is 24.0 Å². The predicted octanol–water partition coefficient (Wildman–Crippen LogP) is 3.25. The highest BCUT2D eigenvalue weighted by molar-refractivity contribution is 6.38. The summed E-state index contributed by atoms with van der Waals surface area (Å²) in [5.74, 6) is -2.45. The van der Waals surface area contributed by atoms with Crippen molar-refractivity contribution >= 4 is 29.5 Å². The Kier molecular flexibility index (Phi) is 16.3. The van der Waals surface area contributed by atoms with E-state index in [2.05, 4.69) is 43.6 Å². The summed E-state index contributed by atoms with van der Waals surface area (Å²) in [4.78, 5) is 64.6. The topological polar surface area (TPSA) is 151 Å². The zero-order chi connectivity index (χ0) is 30.9. The molecular formula is C31H51N5O5. The van der Waals surface area contributed by atoms with E-state index in [1.807, 2.05) is 31.2 Å². The summed E-state index contributed by atoms with van der Waals surface area (Å²) in [7, 11) is 0. The molecular weight excluding hydrogens is 522 g/mol. The molecule has 1 aromatic carbocycles. The first-order valence-corrected chi connectivity index (χ1v) is 15.1. The first-order valence-electron chi connectivity index (χ1n) is 15.1. The maximum atomic E-state index is 13.6. The van der Waals surface area contributed by atoms with E-state index < -0.39 is 41.8 Å². The zero-order valence-electron chi connectivity index (χ0n) is 25.8. The van der Waals surface area contributed by atoms with Gasteiger partial charge in [0.1, 0.15) is 12.1 Å². The van der Waals surface area contributed by atoms with Crippen molar-refractivity contribution in [1.82, 2.24) is 20.9 Å². The summed E-state index contributed by atoms with van der Waals surface area (Å²) < 4.78 is 0. The fraction of sp³-hybridized carbons (Fsp3) is 0.645. The van der Waals surface area contributed by atoms with Gasteiger partial charge in [-0.1, -0.05) is 78.1 Å². The molecule has 3 atom stereocenters. The minimum Gasteiger partial charge on any atom is -0.352 e. The van der Waals surface area contributed by atoms with E-state index in [0.29, 0.717) is 51.6 Å². The number of nitrogens with one attached hydrogen (secondary N) is 3. The van der Waals surface area contributed by atoms with Gasteiger partial charge in [0, 0.05) is 13.1 Å². The molecule has 1 aromatic rings. The highest BCUT2D eigenvalue weighted by Gasteiger charge is 2.42. The lowest BCUT2D eigenvalue weighted by molar-refractivity contribution is -0.143. The first-order chi connectivity index (χ1) is 19.6. The third kappa shape index (κ3) is 10.8. The lowest BCUT2D eigenvalue weighted by atomic mass is 9.95. The van der Waals surface area contributed by atoms with Gasteiger partial charge in [-0.2, -0.15) is 0 Å². The number of urea groups is 1. The van der Waals surface area contributed by atoms with E-state index in [0.717, 1.165) is 11.1 Å². The van der Waals surface area contributed by atoms with Crippen molar-refractivity contribution in [2.24, 2.45) is 11.7 Å². The van der Waals surface area contributed by atoms with Gasteiger partial charge in [0.2, 0.25) is 17.6 Å². The standard InChI is InChI=1S/C25H35N5O5.2C3H8/c1-3-8-18(21(31)23(33)27-4-2)28-22(32)19-11-7-12-30(19)24(34)20(29-25(26)35)17-13-15-9-5-6-10-16(15)14-17;2*1-3-2/h5-6,9-10,17-20H,3-4,7-8,11-14H2,1-2H3,(H,27,33)(H,28,32)(H3,26,29,35);2*3H2,1-2H3. The second kappa shape index (κ2) is 18.8. The van der Waals surface area contributed by atoms with E-state index in [-0.39, 0.29) is 11.8 Å². The van der Waals surface area contributed by atoms with Gasteiger partial charge in [-0.15, -0.1) is 0 Å². The molecule has 1 saturated heterocycles. The van der Waals surface area contributed by atoms with Crippen molar-refractivity contribution in [2.75, 3.05) is 13.1 Å². The van der Waals surface area contributed by atoms with Crippen LogP contribution in [-0.2, 0) is 32.0 Å². The lowest BCUT2D eigenvalue weighted by Crippen LogP contribution is -2.58. The summed E-state index contributed by atoms with van der Waals surface area (Å²) >= 11 is 0. The molecule has 0 spiro atoms. The fourth-order valence-electron chi connectivity index (χ4n) is 5.08. The van der Waals surface area contributed by atoms with Crippen molar-refractivity contribution in [3.05, 3.63) is 35.4 Å². The summed E-state index contributed by atoms with van der Waals surface area (Å²) in [6.07, 6.45) is 5.69. The normalized spacial score (nSPS) is 17.0. The SMILES string of the molecule is CCC.CCC.CCCC(NC(=O)C1CCCN1C(=O)C(NC(N)=O)C1Cc2ccccc2C1)C(=O)C(=O)NCC. The number of carbonyl (C=O) groups excluding carboxylic acids is 5. The van der Waals surface area contributed by atoms with Gasteiger partial charge in [0.15, 0.2) is 0 Å². The van der Waals surface area contributed by atoms with Crippen LogP contribution in [0.15, 0.2) is 24.3 Å². The molecule has 3 rings (SSSR count). The Morgan fingerprint density at radius 1 is 0.927 bits per heavy atom. The molecule has 2 aliphatic rings. The molecule has 1 fully saturated rings. The molecule has 10 heteroatoms. The third-order valence-electron chi connectivity index (χ3n) is 6.73. The molecule has 0 radical (unpaired) electrons. The molecule has 0 saturated carbocycles. The van der Waals surface area contributed by atoms with E-state index in [4.69, 9.17) is 5.73 Å². The summed E-state index contributed by atoms with van der Waals surface area (Å²) in [6, 6.07) is 4.49. The number of Topliss-reactive ketones (excluding diaryl/α,β-unsaturated/α-hetero) is 1. The van der Waals surface area contributed by atoms with Crippen LogP contribution in [0.2, 0.25) is 0 Å². The van der Waals surface area contributed by atoms with Gasteiger partial charge in [0.25, 0.3) is 5.91 Å². The van der Waals surface area contributed by atoms with Crippen LogP contribution in [-0.4, -0.2) is 65.7 Å². The minimum absolute atomic E-state index is 0.177. The number of carbonyl (C=O) groups is 5. The number of hydrogen-bond donors (Lipinski definition) is 4. The molecule has 10 nitrogen and oxygen atoms in total. The van der Waals surface area contributed by atoms with Crippen molar-refractivity contribution in [2.45, 2.75) is 111 Å². The number of rotatable bonds is 10. The zero-order valence-corrected chi connectivity index (χ0v) is 25.8. The van der Waals surface area contributed by atoms with Crippen LogP contribution in [0, 0.1) is 5.92 Å². The number of benzene rings is 1. The Morgan fingerprint density at radius 2 is 1.49 bits per heavy atom. The predicted molar refractivity (Wildman–Crippen MR) is 161 cm³/mol. The van der Waals surface area contributed by atoms with E-state index in [1.54, 1.807) is 6.92 Å². The summed E-state index contributed by atoms with van der Waals surface area (Å²) in [5, 5.41) is 7.77. The summed E-state index contributed by atoms with van der Waals surface area (Å²) in [6.45, 7) is 12.7. The number of hydrogen-bond acceptors (Lipinski definition) is 5. The largest absolute Gasteiger partial charge is 0.352 e. The molecule has 3 unspecified atom stereocenters. The molecule has 41 heavy (non-hydrogen) atoms. The number of likely N-dealkylation sites (tertiary alicyclic amines) is 1. The highest BCUT2D eigenvalue weighted by Crippen LogP contribution is 2.31. The number of primary amides is 1. The number of amides is 5. The number of fused-ring (bicyclic) bond motifs is 1. The molecule has 1 heterocycles. The van der Waals surface area contributed by atoms with Gasteiger partial charge in [-0.05, 0) is 56.1 Å². The van der Waals surface area contributed by atoms with Crippen molar-refractivity contribution < 1.29 is 24.0 Å². The van der Waals surface area contributed by atoms with Crippen LogP contribution >= 0.6 is 0 Å². The smallest absolute Gasteiger partial charge is 0.312 e. The number of nitrogens with zero attached hydrogens (tertiary/aromatic N) is 1. The van der Waals surface area contributed by atoms with Crippen LogP contribution in [0.1, 0.15) is 91.2 Å². The average Bonchev–Trinajstić information content (AvgIpc) is 3.59. The lowest BCUT2D eigenvalue weighted by Gasteiger charge is -2.31. The number of nitrogens with two attached hydrogens (primary N) is 1. The Balaban J connectivity index is 0.00000129. The first kappa shape index (κ1) is 35.6. The fourth-order valence-corrected chi connectivity index (χ4v) is 5.08. The third-order valence-corrected chi connectivity index (χ3v) is 6.73. The summed E-state index contributed by atoms with van der Waals surface area (Å²) in [5.41, 5.74) is 7.66. The maximum absolute atomic E-state index is 13.6. The molecule has 1 aliphatic carbocycles. The molecule has 5 N–H and O–H groups in total. The monoisotopic (exact) mass is 573 g/mol. The molecule has 0 bridgehead atoms. The second-order valence-corrected chi connectivity index (χ2v) is 10.6. The van der Waals surface area contributed by atoms with Gasteiger partial charge in [0.05, 0.1) is 6.04 Å². The molecule has 230 valence electrons. The van der Waals surface area contributed by atoms with Crippen LogP contribution in [0.5, 0.6) is 0 Å².